The summed E-state index contributed by atoms with van der Waals surface area (Å²) >= 11 is 0. The summed E-state index contributed by atoms with van der Waals surface area (Å²) in [5.74, 6) is 0. The van der Waals surface area contributed by atoms with Gasteiger partial charge in [-0.25, -0.2) is 0 Å². The highest BCUT2D eigenvalue weighted by atomic mass is 15.0. The van der Waals surface area contributed by atoms with E-state index in [4.69, 9.17) is 0 Å². The Balaban J connectivity index is 1.32. The van der Waals surface area contributed by atoms with Crippen LogP contribution in [0.1, 0.15) is 25.0 Å². The predicted molar refractivity (Wildman–Crippen MR) is 185 cm³/mol. The number of hydrogen-bond donors (Lipinski definition) is 1. The average Bonchev–Trinajstić information content (AvgIpc) is 3.75. The average molecular weight is 564 g/mol. The second-order valence-electron chi connectivity index (χ2n) is 12.7. The van der Waals surface area contributed by atoms with Crippen molar-refractivity contribution in [3.05, 3.63) is 145 Å². The Morgan fingerprint density at radius 1 is 0.568 bits per heavy atom. The van der Waals surface area contributed by atoms with Gasteiger partial charge in [-0.15, -0.1) is 0 Å². The van der Waals surface area contributed by atoms with Crippen LogP contribution in [0.15, 0.2) is 134 Å². The molecular weight excluding hydrogens is 534 g/mol. The van der Waals surface area contributed by atoms with Gasteiger partial charge in [0.25, 0.3) is 0 Å². The fourth-order valence-corrected chi connectivity index (χ4v) is 8.00. The first-order chi connectivity index (χ1) is 21.6. The molecule has 0 amide bonds. The molecule has 44 heavy (non-hydrogen) atoms. The van der Waals surface area contributed by atoms with Gasteiger partial charge in [-0.1, -0.05) is 80.6 Å². The van der Waals surface area contributed by atoms with E-state index in [2.05, 4.69) is 162 Å². The van der Waals surface area contributed by atoms with E-state index < -0.39 is 0 Å². The number of nitrogens with zero attached hydrogens (tertiary/aromatic N) is 2. The van der Waals surface area contributed by atoms with E-state index in [9.17, 15) is 0 Å². The van der Waals surface area contributed by atoms with Crippen molar-refractivity contribution < 1.29 is 0 Å². The molecule has 3 aromatic heterocycles. The third kappa shape index (κ3) is 3.01. The minimum atomic E-state index is -0.188. The van der Waals surface area contributed by atoms with Gasteiger partial charge >= 0.3 is 0 Å². The van der Waals surface area contributed by atoms with Crippen LogP contribution in [-0.4, -0.2) is 14.1 Å². The Kier molecular flexibility index (Phi) is 4.52. The lowest BCUT2D eigenvalue weighted by atomic mass is 9.74. The van der Waals surface area contributed by atoms with E-state index in [1.165, 1.54) is 88.1 Å². The number of aromatic nitrogens is 3. The van der Waals surface area contributed by atoms with Gasteiger partial charge in [0.05, 0.1) is 16.6 Å². The first kappa shape index (κ1) is 24.0. The molecule has 0 fully saturated rings. The molecule has 0 unspecified atom stereocenters. The van der Waals surface area contributed by atoms with Crippen LogP contribution in [0.2, 0.25) is 0 Å². The summed E-state index contributed by atoms with van der Waals surface area (Å²) in [5.41, 5.74) is 13.7. The molecule has 0 radical (unpaired) electrons. The van der Waals surface area contributed by atoms with Crippen LogP contribution >= 0.6 is 0 Å². The zero-order valence-electron chi connectivity index (χ0n) is 24.6. The van der Waals surface area contributed by atoms with Crippen molar-refractivity contribution in [3.8, 4) is 22.5 Å². The molecule has 9 aromatic rings. The number of para-hydroxylation sites is 3. The largest absolute Gasteiger partial charge is 0.355 e. The maximum atomic E-state index is 3.58. The second kappa shape index (κ2) is 8.30. The fraction of sp³-hybridized carbons (Fsp3) is 0.0732. The summed E-state index contributed by atoms with van der Waals surface area (Å²) in [6, 6.07) is 46.9. The minimum Gasteiger partial charge on any atom is -0.355 e. The van der Waals surface area contributed by atoms with Gasteiger partial charge in [-0.3, -0.25) is 0 Å². The van der Waals surface area contributed by atoms with E-state index >= 15 is 0 Å². The molecule has 1 aliphatic heterocycles. The zero-order valence-corrected chi connectivity index (χ0v) is 24.6. The summed E-state index contributed by atoms with van der Waals surface area (Å²) in [5, 5.41) is 6.39. The van der Waals surface area contributed by atoms with Crippen LogP contribution in [0.25, 0.3) is 77.0 Å². The van der Waals surface area contributed by atoms with Crippen molar-refractivity contribution in [2.24, 2.45) is 0 Å². The molecule has 3 heteroatoms. The van der Waals surface area contributed by atoms with Gasteiger partial charge in [0.2, 0.25) is 0 Å². The number of benzene rings is 6. The van der Waals surface area contributed by atoms with Crippen LogP contribution in [-0.2, 0) is 5.41 Å². The molecule has 6 aromatic carbocycles. The Hall–Kier alpha value is -5.54. The Labute approximate surface area is 254 Å². The molecular formula is C41H29N3. The highest BCUT2D eigenvalue weighted by Crippen LogP contribution is 2.50. The molecule has 0 bridgehead atoms. The van der Waals surface area contributed by atoms with Crippen LogP contribution in [0, 0.1) is 0 Å². The third-order valence-electron chi connectivity index (χ3n) is 10.0. The van der Waals surface area contributed by atoms with E-state index in [0.717, 1.165) is 0 Å². The fourth-order valence-electron chi connectivity index (χ4n) is 8.00. The van der Waals surface area contributed by atoms with Crippen LogP contribution in [0.3, 0.4) is 0 Å². The molecule has 0 saturated heterocycles. The molecule has 4 heterocycles. The lowest BCUT2D eigenvalue weighted by molar-refractivity contribution is 0.632. The van der Waals surface area contributed by atoms with Gasteiger partial charge in [0.1, 0.15) is 0 Å². The molecule has 0 saturated carbocycles. The quantitative estimate of drug-likeness (QED) is 0.216. The van der Waals surface area contributed by atoms with Crippen LogP contribution < -0.4 is 0 Å². The standard InChI is InChI=1S/C41H29N3/c1-41(2)33-13-7-9-15-37(33)43-21-20-27-24-32-31-23-26(25-16-18-35-30(22-25)29-12-6-8-14-34(29)42-35)17-19-36(31)44(28-10-4-3-5-11-28)40(32)38(41)39(27)43/h3-24,42H,1-2H3. The number of H-pyrrole nitrogens is 1. The van der Waals surface area contributed by atoms with Crippen molar-refractivity contribution in [1.29, 1.82) is 0 Å². The van der Waals surface area contributed by atoms with E-state index in [-0.39, 0.29) is 5.41 Å². The van der Waals surface area contributed by atoms with Crippen molar-refractivity contribution in [2.45, 2.75) is 19.3 Å². The van der Waals surface area contributed by atoms with Crippen LogP contribution in [0.4, 0.5) is 0 Å². The van der Waals surface area contributed by atoms with Gasteiger partial charge in [-0.2, -0.15) is 0 Å². The monoisotopic (exact) mass is 563 g/mol. The smallest absolute Gasteiger partial charge is 0.0603 e. The van der Waals surface area contributed by atoms with Gasteiger partial charge in [0, 0.05) is 66.5 Å². The Bertz CT molecular complexity index is 2620. The summed E-state index contributed by atoms with van der Waals surface area (Å²) in [7, 11) is 0. The first-order valence-electron chi connectivity index (χ1n) is 15.4. The lowest BCUT2D eigenvalue weighted by Crippen LogP contribution is -2.27. The molecule has 1 N–H and O–H groups in total. The molecule has 1 aliphatic rings. The number of aromatic amines is 1. The Morgan fingerprint density at radius 3 is 2.18 bits per heavy atom. The van der Waals surface area contributed by atoms with E-state index in [1.54, 1.807) is 0 Å². The summed E-state index contributed by atoms with van der Waals surface area (Å²) in [4.78, 5) is 3.58. The molecule has 208 valence electrons. The SMILES string of the molecule is CC1(C)c2ccccc2-n2ccc3cc4c5cc(-c6ccc7[nH]c8ccccc8c7c6)ccc5n(-c5ccccc5)c4c1c32. The third-order valence-corrected chi connectivity index (χ3v) is 10.0. The number of fused-ring (bicyclic) bond motifs is 9. The Morgan fingerprint density at radius 2 is 1.30 bits per heavy atom. The maximum Gasteiger partial charge on any atom is 0.0603 e. The van der Waals surface area contributed by atoms with E-state index in [1.807, 2.05) is 0 Å². The summed E-state index contributed by atoms with van der Waals surface area (Å²) < 4.78 is 4.90. The molecule has 3 nitrogen and oxygen atoms in total. The number of rotatable bonds is 2. The van der Waals surface area contributed by atoms with E-state index in [0.29, 0.717) is 0 Å². The normalized spacial score (nSPS) is 13.9. The summed E-state index contributed by atoms with van der Waals surface area (Å²) in [6.45, 7) is 4.79. The molecule has 0 atom stereocenters. The zero-order chi connectivity index (χ0) is 29.2. The first-order valence-corrected chi connectivity index (χ1v) is 15.4. The minimum absolute atomic E-state index is 0.188. The molecule has 0 spiro atoms. The topological polar surface area (TPSA) is 25.6 Å². The van der Waals surface area contributed by atoms with Crippen molar-refractivity contribution >= 4 is 54.5 Å². The predicted octanol–water partition coefficient (Wildman–Crippen LogP) is 10.7. The highest BCUT2D eigenvalue weighted by molar-refractivity contribution is 6.17. The lowest BCUT2D eigenvalue weighted by Gasteiger charge is -2.35. The number of hydrogen-bond acceptors (Lipinski definition) is 0. The maximum absolute atomic E-state index is 3.58. The van der Waals surface area contributed by atoms with Gasteiger partial charge in [-0.05, 0) is 77.4 Å². The van der Waals surface area contributed by atoms with Crippen molar-refractivity contribution in [1.82, 2.24) is 14.1 Å². The van der Waals surface area contributed by atoms with Crippen molar-refractivity contribution in [3.63, 3.8) is 0 Å². The second-order valence-corrected chi connectivity index (χ2v) is 12.7. The van der Waals surface area contributed by atoms with Gasteiger partial charge in [0.15, 0.2) is 0 Å². The van der Waals surface area contributed by atoms with Crippen LogP contribution in [0.5, 0.6) is 0 Å². The molecule has 0 aliphatic carbocycles. The summed E-state index contributed by atoms with van der Waals surface area (Å²) in [6.07, 6.45) is 2.25. The van der Waals surface area contributed by atoms with Crippen molar-refractivity contribution in [2.75, 3.05) is 0 Å². The molecule has 10 rings (SSSR count). The van der Waals surface area contributed by atoms with Gasteiger partial charge < -0.3 is 14.1 Å². The highest BCUT2D eigenvalue weighted by Gasteiger charge is 2.37. The number of nitrogens with one attached hydrogen (secondary N) is 1.